The molecular weight excluding hydrogens is 518 g/mol. The van der Waals surface area contributed by atoms with Crippen LogP contribution >= 0.6 is 39.0 Å². The number of anilines is 1. The number of rotatable bonds is 6. The molecule has 0 fully saturated rings. The molecule has 0 spiro atoms. The first-order valence-corrected chi connectivity index (χ1v) is 12.3. The highest BCUT2D eigenvalue weighted by Crippen LogP contribution is 2.37. The Morgan fingerprint density at radius 3 is 2.30 bits per heavy atom. The third kappa shape index (κ3) is 4.86. The Morgan fingerprint density at radius 1 is 1.00 bits per heavy atom. The number of nitrogens with two attached hydrogens (primary N) is 1. The van der Waals surface area contributed by atoms with E-state index in [0.29, 0.717) is 33.2 Å². The van der Waals surface area contributed by atoms with E-state index in [-0.39, 0.29) is 11.4 Å². The second-order valence-electron chi connectivity index (χ2n) is 6.82. The minimum atomic E-state index is 0.0960. The highest BCUT2D eigenvalue weighted by molar-refractivity contribution is 9.10. The Morgan fingerprint density at radius 2 is 1.67 bits per heavy atom. The second-order valence-corrected chi connectivity index (χ2v) is 9.56. The lowest BCUT2D eigenvalue weighted by Crippen LogP contribution is -2.03. The molecule has 0 aliphatic rings. The lowest BCUT2D eigenvalue weighted by Gasteiger charge is -2.13. The van der Waals surface area contributed by atoms with Crippen molar-refractivity contribution < 1.29 is 4.74 Å². The number of nitrogen functional groups attached to an aromatic ring is 1. The summed E-state index contributed by atoms with van der Waals surface area (Å²) in [6, 6.07) is 19.5. The number of thiazole rings is 1. The van der Waals surface area contributed by atoms with Crippen molar-refractivity contribution in [3.05, 3.63) is 75.2 Å². The van der Waals surface area contributed by atoms with Crippen LogP contribution in [0.4, 0.5) is 5.82 Å². The predicted molar refractivity (Wildman–Crippen MR) is 135 cm³/mol. The van der Waals surface area contributed by atoms with Gasteiger partial charge in [0.1, 0.15) is 39.3 Å². The average Bonchev–Trinajstić information content (AvgIpc) is 3.32. The molecule has 0 unspecified atom stereocenters. The van der Waals surface area contributed by atoms with Crippen molar-refractivity contribution in [3.63, 3.8) is 0 Å². The van der Waals surface area contributed by atoms with Crippen LogP contribution in [0.25, 0.3) is 21.7 Å². The topological polar surface area (TPSA) is 109 Å². The SMILES string of the molecule is COc1ccc(-c2c(C#N)c(N)nc(SCc3csc(-c4ccc(Br)cc4)n3)c2C#N)cc1. The fourth-order valence-corrected chi connectivity index (χ4v) is 5.27. The molecule has 0 aliphatic heterocycles. The molecule has 162 valence electrons. The van der Waals surface area contributed by atoms with E-state index in [1.54, 1.807) is 42.7 Å². The summed E-state index contributed by atoms with van der Waals surface area (Å²) < 4.78 is 6.23. The third-order valence-electron chi connectivity index (χ3n) is 4.79. The van der Waals surface area contributed by atoms with Gasteiger partial charge in [-0.15, -0.1) is 11.3 Å². The summed E-state index contributed by atoms with van der Waals surface area (Å²) >= 11 is 6.38. The fraction of sp³-hybridized carbons (Fsp3) is 0.0833. The highest BCUT2D eigenvalue weighted by atomic mass is 79.9. The summed E-state index contributed by atoms with van der Waals surface area (Å²) in [5.74, 6) is 1.29. The monoisotopic (exact) mass is 533 g/mol. The Hall–Kier alpha value is -3.37. The Labute approximate surface area is 207 Å². The summed E-state index contributed by atoms with van der Waals surface area (Å²) in [6.45, 7) is 0. The van der Waals surface area contributed by atoms with Gasteiger partial charge in [-0.2, -0.15) is 10.5 Å². The number of nitriles is 2. The van der Waals surface area contributed by atoms with Gasteiger partial charge in [0.25, 0.3) is 0 Å². The van der Waals surface area contributed by atoms with Crippen LogP contribution < -0.4 is 10.5 Å². The Kier molecular flexibility index (Phi) is 6.95. The number of ether oxygens (including phenoxy) is 1. The maximum Gasteiger partial charge on any atom is 0.143 e. The van der Waals surface area contributed by atoms with E-state index in [4.69, 9.17) is 15.5 Å². The van der Waals surface area contributed by atoms with Crippen molar-refractivity contribution in [2.75, 3.05) is 12.8 Å². The first-order chi connectivity index (χ1) is 16.0. The van der Waals surface area contributed by atoms with Gasteiger partial charge in [-0.1, -0.05) is 52.0 Å². The van der Waals surface area contributed by atoms with Gasteiger partial charge < -0.3 is 10.5 Å². The molecule has 2 aromatic heterocycles. The quantitative estimate of drug-likeness (QED) is 0.291. The van der Waals surface area contributed by atoms with Crippen molar-refractivity contribution in [3.8, 4) is 39.6 Å². The molecule has 0 radical (unpaired) electrons. The van der Waals surface area contributed by atoms with E-state index in [1.165, 1.54) is 11.8 Å². The van der Waals surface area contributed by atoms with Crippen LogP contribution in [0.3, 0.4) is 0 Å². The highest BCUT2D eigenvalue weighted by Gasteiger charge is 2.21. The minimum Gasteiger partial charge on any atom is -0.497 e. The molecule has 2 N–H and O–H groups in total. The summed E-state index contributed by atoms with van der Waals surface area (Å²) in [7, 11) is 1.58. The lowest BCUT2D eigenvalue weighted by molar-refractivity contribution is 0.415. The van der Waals surface area contributed by atoms with Crippen molar-refractivity contribution >= 4 is 44.8 Å². The van der Waals surface area contributed by atoms with Crippen LogP contribution in [-0.4, -0.2) is 17.1 Å². The van der Waals surface area contributed by atoms with Gasteiger partial charge in [0.15, 0.2) is 0 Å². The van der Waals surface area contributed by atoms with Gasteiger partial charge in [-0.05, 0) is 29.8 Å². The smallest absolute Gasteiger partial charge is 0.143 e. The van der Waals surface area contributed by atoms with E-state index in [1.807, 2.05) is 29.6 Å². The van der Waals surface area contributed by atoms with Gasteiger partial charge in [0.05, 0.1) is 18.4 Å². The Balaban J connectivity index is 1.66. The van der Waals surface area contributed by atoms with E-state index in [2.05, 4.69) is 33.1 Å². The summed E-state index contributed by atoms with van der Waals surface area (Å²) in [5.41, 5.74) is 9.72. The summed E-state index contributed by atoms with van der Waals surface area (Å²) in [5, 5.41) is 23.0. The second kappa shape index (κ2) is 10.1. The molecule has 0 bridgehead atoms. The van der Waals surface area contributed by atoms with Crippen LogP contribution in [0.1, 0.15) is 16.8 Å². The molecule has 0 saturated heterocycles. The van der Waals surface area contributed by atoms with Crippen LogP contribution in [-0.2, 0) is 5.75 Å². The third-order valence-corrected chi connectivity index (χ3v) is 7.27. The number of hydrogen-bond donors (Lipinski definition) is 1. The largest absolute Gasteiger partial charge is 0.497 e. The number of pyridine rings is 1. The summed E-state index contributed by atoms with van der Waals surface area (Å²) in [6.07, 6.45) is 0. The van der Waals surface area contributed by atoms with E-state index < -0.39 is 0 Å². The molecule has 9 heteroatoms. The molecule has 4 aromatic rings. The van der Waals surface area contributed by atoms with Gasteiger partial charge in [0.2, 0.25) is 0 Å². The molecule has 0 amide bonds. The van der Waals surface area contributed by atoms with Gasteiger partial charge in [0, 0.05) is 26.7 Å². The van der Waals surface area contributed by atoms with Gasteiger partial charge >= 0.3 is 0 Å². The van der Waals surface area contributed by atoms with Crippen LogP contribution in [0.5, 0.6) is 5.75 Å². The van der Waals surface area contributed by atoms with Crippen molar-refractivity contribution in [1.82, 2.24) is 9.97 Å². The maximum absolute atomic E-state index is 9.95. The first kappa shape index (κ1) is 22.8. The zero-order valence-corrected chi connectivity index (χ0v) is 20.6. The van der Waals surface area contributed by atoms with Crippen LogP contribution in [0.2, 0.25) is 0 Å². The molecule has 33 heavy (non-hydrogen) atoms. The standard InChI is InChI=1S/C24H16BrN5OS2/c1-31-18-8-4-14(5-9-18)21-19(10-26)22(28)30-24(20(21)11-27)33-13-17-12-32-23(29-17)15-2-6-16(25)7-3-15/h2-9,12H,13H2,1H3,(H2,28,30). The first-order valence-electron chi connectivity index (χ1n) is 9.65. The van der Waals surface area contributed by atoms with Crippen molar-refractivity contribution in [2.24, 2.45) is 0 Å². The molecule has 2 heterocycles. The lowest BCUT2D eigenvalue weighted by atomic mass is 9.97. The van der Waals surface area contributed by atoms with Crippen LogP contribution in [0.15, 0.2) is 63.4 Å². The molecule has 0 saturated carbocycles. The Bertz CT molecular complexity index is 1390. The van der Waals surface area contributed by atoms with Crippen molar-refractivity contribution in [2.45, 2.75) is 10.8 Å². The minimum absolute atomic E-state index is 0.0960. The average molecular weight is 534 g/mol. The maximum atomic E-state index is 9.95. The van der Waals surface area contributed by atoms with Crippen LogP contribution in [0, 0.1) is 22.7 Å². The number of thioether (sulfide) groups is 1. The van der Waals surface area contributed by atoms with E-state index in [9.17, 15) is 10.5 Å². The van der Waals surface area contributed by atoms with Gasteiger partial charge in [-0.3, -0.25) is 0 Å². The number of aromatic nitrogens is 2. The molecule has 0 atom stereocenters. The number of hydrogen-bond acceptors (Lipinski definition) is 8. The number of nitrogens with zero attached hydrogens (tertiary/aromatic N) is 4. The molecule has 4 rings (SSSR count). The number of benzene rings is 2. The number of halogens is 1. The molecule has 6 nitrogen and oxygen atoms in total. The zero-order valence-electron chi connectivity index (χ0n) is 17.4. The van der Waals surface area contributed by atoms with E-state index >= 15 is 0 Å². The molecule has 2 aromatic carbocycles. The molecule has 0 aliphatic carbocycles. The van der Waals surface area contributed by atoms with Gasteiger partial charge in [-0.25, -0.2) is 9.97 Å². The van der Waals surface area contributed by atoms with E-state index in [0.717, 1.165) is 20.7 Å². The number of methoxy groups -OCH3 is 1. The summed E-state index contributed by atoms with van der Waals surface area (Å²) in [4.78, 5) is 9.08. The fourth-order valence-electron chi connectivity index (χ4n) is 3.19. The predicted octanol–water partition coefficient (Wildman–Crippen LogP) is 6.26. The van der Waals surface area contributed by atoms with Crippen molar-refractivity contribution in [1.29, 1.82) is 10.5 Å². The normalized spacial score (nSPS) is 10.4. The zero-order chi connectivity index (χ0) is 23.4. The molecular formula is C24H16BrN5OS2.